The van der Waals surface area contributed by atoms with Gasteiger partial charge in [-0.15, -0.1) is 0 Å². The van der Waals surface area contributed by atoms with Crippen LogP contribution in [0, 0.1) is 20.8 Å². The summed E-state index contributed by atoms with van der Waals surface area (Å²) in [6.45, 7) is 5.01. The lowest BCUT2D eigenvalue weighted by Gasteiger charge is -2.18. The Hall–Kier alpha value is -3.22. The first kappa shape index (κ1) is 20.1. The van der Waals surface area contributed by atoms with Gasteiger partial charge in [-0.05, 0) is 44.0 Å². The summed E-state index contributed by atoms with van der Waals surface area (Å²) in [5.41, 5.74) is 3.67. The van der Waals surface area contributed by atoms with Gasteiger partial charge in [0.2, 0.25) is 5.91 Å². The largest absolute Gasteiger partial charge is 0.452 e. The van der Waals surface area contributed by atoms with Crippen molar-refractivity contribution >= 4 is 23.5 Å². The number of benzene rings is 1. The number of carbonyl (C=O) groups excluding carboxylic acids is 3. The fourth-order valence-electron chi connectivity index (χ4n) is 2.40. The summed E-state index contributed by atoms with van der Waals surface area (Å²) in [5.74, 6) is -1.43. The summed E-state index contributed by atoms with van der Waals surface area (Å²) in [4.78, 5) is 41.4. The molecule has 0 bridgehead atoms. The van der Waals surface area contributed by atoms with Crippen LogP contribution in [-0.4, -0.2) is 47.9 Å². The summed E-state index contributed by atoms with van der Waals surface area (Å²) < 4.78 is 4.99. The number of hydrogen-bond donors (Lipinski definition) is 1. The van der Waals surface area contributed by atoms with Crippen LogP contribution in [0.1, 0.15) is 27.2 Å². The minimum absolute atomic E-state index is 0.143. The van der Waals surface area contributed by atoms with Gasteiger partial charge in [-0.3, -0.25) is 14.6 Å². The first-order chi connectivity index (χ1) is 12.8. The number of carbonyl (C=O) groups is 3. The van der Waals surface area contributed by atoms with E-state index in [2.05, 4.69) is 10.3 Å². The highest BCUT2D eigenvalue weighted by atomic mass is 16.5. The van der Waals surface area contributed by atoms with Crippen molar-refractivity contribution in [3.05, 3.63) is 58.9 Å². The van der Waals surface area contributed by atoms with Crippen LogP contribution in [0.2, 0.25) is 0 Å². The molecule has 0 saturated carbocycles. The third-order valence-corrected chi connectivity index (χ3v) is 4.03. The summed E-state index contributed by atoms with van der Waals surface area (Å²) >= 11 is 0. The minimum atomic E-state index is -0.635. The Morgan fingerprint density at radius 1 is 1.07 bits per heavy atom. The number of rotatable bonds is 6. The Morgan fingerprint density at radius 2 is 1.74 bits per heavy atom. The number of anilines is 1. The smallest absolute Gasteiger partial charge is 0.340 e. The lowest BCUT2D eigenvalue weighted by atomic mass is 10.1. The van der Waals surface area contributed by atoms with Crippen LogP contribution in [0.15, 0.2) is 36.5 Å². The molecular weight excluding hydrogens is 346 g/mol. The van der Waals surface area contributed by atoms with Crippen LogP contribution in [0.3, 0.4) is 0 Å². The molecule has 0 aliphatic carbocycles. The number of likely N-dealkylation sites (N-methyl/N-ethyl adjacent to an activating group) is 1. The molecule has 142 valence electrons. The first-order valence-electron chi connectivity index (χ1n) is 8.47. The van der Waals surface area contributed by atoms with Gasteiger partial charge in [0.25, 0.3) is 5.91 Å². The SMILES string of the molecule is Cc1ccc(C(=O)OCC(=O)N(C)CC(=O)Nc2c(C)cccc2C)cn1. The van der Waals surface area contributed by atoms with E-state index in [9.17, 15) is 14.4 Å². The van der Waals surface area contributed by atoms with E-state index >= 15 is 0 Å². The maximum Gasteiger partial charge on any atom is 0.340 e. The number of nitrogens with one attached hydrogen (secondary N) is 1. The van der Waals surface area contributed by atoms with Crippen LogP contribution in [-0.2, 0) is 14.3 Å². The van der Waals surface area contributed by atoms with Crippen molar-refractivity contribution in [3.8, 4) is 0 Å². The Morgan fingerprint density at radius 3 is 2.33 bits per heavy atom. The average Bonchev–Trinajstić information content (AvgIpc) is 2.63. The van der Waals surface area contributed by atoms with E-state index in [-0.39, 0.29) is 18.0 Å². The van der Waals surface area contributed by atoms with Crippen molar-refractivity contribution in [2.75, 3.05) is 25.5 Å². The van der Waals surface area contributed by atoms with E-state index in [1.807, 2.05) is 32.0 Å². The second kappa shape index (κ2) is 8.93. The quantitative estimate of drug-likeness (QED) is 0.789. The van der Waals surface area contributed by atoms with Gasteiger partial charge >= 0.3 is 5.97 Å². The molecule has 0 spiro atoms. The van der Waals surface area contributed by atoms with E-state index in [1.54, 1.807) is 19.1 Å². The highest BCUT2D eigenvalue weighted by molar-refractivity contribution is 5.96. The number of ether oxygens (including phenoxy) is 1. The van der Waals surface area contributed by atoms with Gasteiger partial charge in [-0.25, -0.2) is 4.79 Å². The fraction of sp³-hybridized carbons (Fsp3) is 0.300. The number of esters is 1. The Bertz CT molecular complexity index is 827. The van der Waals surface area contributed by atoms with Crippen molar-refractivity contribution < 1.29 is 19.1 Å². The molecule has 1 N–H and O–H groups in total. The summed E-state index contributed by atoms with van der Waals surface area (Å²) in [7, 11) is 1.48. The normalized spacial score (nSPS) is 10.2. The van der Waals surface area contributed by atoms with Gasteiger partial charge in [-0.2, -0.15) is 0 Å². The van der Waals surface area contributed by atoms with Gasteiger partial charge in [0.05, 0.1) is 12.1 Å². The molecule has 7 nitrogen and oxygen atoms in total. The van der Waals surface area contributed by atoms with Crippen LogP contribution >= 0.6 is 0 Å². The van der Waals surface area contributed by atoms with Gasteiger partial charge in [0.1, 0.15) is 0 Å². The third-order valence-electron chi connectivity index (χ3n) is 4.03. The van der Waals surface area contributed by atoms with Crippen molar-refractivity contribution in [2.45, 2.75) is 20.8 Å². The predicted octanol–water partition coefficient (Wildman–Crippen LogP) is 2.26. The molecule has 1 heterocycles. The number of aromatic nitrogens is 1. The molecule has 0 saturated heterocycles. The molecule has 2 aromatic rings. The number of hydrogen-bond acceptors (Lipinski definition) is 5. The van der Waals surface area contributed by atoms with E-state index in [0.717, 1.165) is 22.5 Å². The molecule has 0 fully saturated rings. The third kappa shape index (κ3) is 5.64. The standard InChI is InChI=1S/C20H23N3O4/c1-13-6-5-7-14(2)19(13)22-17(24)11-23(4)18(25)12-27-20(26)16-9-8-15(3)21-10-16/h5-10H,11-12H2,1-4H3,(H,22,24). The van der Waals surface area contributed by atoms with Gasteiger partial charge in [-0.1, -0.05) is 18.2 Å². The summed E-state index contributed by atoms with van der Waals surface area (Å²) in [6, 6.07) is 8.97. The van der Waals surface area contributed by atoms with E-state index in [4.69, 9.17) is 4.74 Å². The maximum absolute atomic E-state index is 12.2. The second-order valence-electron chi connectivity index (χ2n) is 6.33. The second-order valence-corrected chi connectivity index (χ2v) is 6.33. The molecule has 2 rings (SSSR count). The monoisotopic (exact) mass is 369 g/mol. The van der Waals surface area contributed by atoms with Crippen LogP contribution < -0.4 is 5.32 Å². The van der Waals surface area contributed by atoms with Crippen LogP contribution in [0.25, 0.3) is 0 Å². The van der Waals surface area contributed by atoms with Gasteiger partial charge in [0.15, 0.2) is 6.61 Å². The molecular formula is C20H23N3O4. The molecule has 2 amide bonds. The van der Waals surface area contributed by atoms with Crippen molar-refractivity contribution in [1.82, 2.24) is 9.88 Å². The fourth-order valence-corrected chi connectivity index (χ4v) is 2.40. The molecule has 7 heteroatoms. The number of nitrogens with zero attached hydrogens (tertiary/aromatic N) is 2. The summed E-state index contributed by atoms with van der Waals surface area (Å²) in [5, 5.41) is 2.81. The predicted molar refractivity (Wildman–Crippen MR) is 101 cm³/mol. The highest BCUT2D eigenvalue weighted by Crippen LogP contribution is 2.19. The lowest BCUT2D eigenvalue weighted by molar-refractivity contribution is -0.136. The molecule has 0 atom stereocenters. The average molecular weight is 369 g/mol. The molecule has 0 unspecified atom stereocenters. The molecule has 27 heavy (non-hydrogen) atoms. The molecule has 0 aliphatic rings. The van der Waals surface area contributed by atoms with Gasteiger partial charge < -0.3 is 15.0 Å². The first-order valence-corrected chi connectivity index (χ1v) is 8.47. The van der Waals surface area contributed by atoms with E-state index < -0.39 is 18.5 Å². The molecule has 0 aliphatic heterocycles. The number of aryl methyl sites for hydroxylation is 3. The van der Waals surface area contributed by atoms with Crippen molar-refractivity contribution in [2.24, 2.45) is 0 Å². The van der Waals surface area contributed by atoms with E-state index in [0.29, 0.717) is 0 Å². The number of para-hydroxylation sites is 1. The highest BCUT2D eigenvalue weighted by Gasteiger charge is 2.17. The topological polar surface area (TPSA) is 88.6 Å². The Kier molecular flexibility index (Phi) is 6.65. The van der Waals surface area contributed by atoms with Crippen molar-refractivity contribution in [3.63, 3.8) is 0 Å². The zero-order chi connectivity index (χ0) is 20.0. The Labute approximate surface area is 158 Å². The van der Waals surface area contributed by atoms with Crippen LogP contribution in [0.4, 0.5) is 5.69 Å². The zero-order valence-corrected chi connectivity index (χ0v) is 15.9. The van der Waals surface area contributed by atoms with Crippen molar-refractivity contribution in [1.29, 1.82) is 0 Å². The molecule has 1 aromatic carbocycles. The maximum atomic E-state index is 12.2. The Balaban J connectivity index is 1.85. The zero-order valence-electron chi connectivity index (χ0n) is 15.9. The number of pyridine rings is 1. The van der Waals surface area contributed by atoms with E-state index in [1.165, 1.54) is 18.1 Å². The molecule has 1 aromatic heterocycles. The summed E-state index contributed by atoms with van der Waals surface area (Å²) in [6.07, 6.45) is 1.39. The minimum Gasteiger partial charge on any atom is -0.452 e. The number of amides is 2. The molecule has 0 radical (unpaired) electrons. The van der Waals surface area contributed by atoms with Crippen LogP contribution in [0.5, 0.6) is 0 Å². The van der Waals surface area contributed by atoms with Gasteiger partial charge in [0, 0.05) is 24.6 Å². The lowest BCUT2D eigenvalue weighted by Crippen LogP contribution is -2.37.